The Kier molecular flexibility index (Phi) is 3.94. The molecule has 1 aromatic rings. The van der Waals surface area contributed by atoms with Crippen LogP contribution in [0.3, 0.4) is 0 Å². The first-order valence-corrected chi connectivity index (χ1v) is 6.07. The fourth-order valence-corrected chi connectivity index (χ4v) is 2.06. The minimum absolute atomic E-state index is 0.000434. The van der Waals surface area contributed by atoms with E-state index in [1.807, 2.05) is 30.3 Å². The summed E-state index contributed by atoms with van der Waals surface area (Å²) in [6.07, 6.45) is 0.0488. The van der Waals surface area contributed by atoms with Gasteiger partial charge >= 0.3 is 5.97 Å². The fraction of sp³-hybridized carbons (Fsp3) is 0.357. The number of likely N-dealkylation sites (tertiary alicyclic amines) is 1. The molecular weight excluding hydrogens is 246 g/mol. The van der Waals surface area contributed by atoms with E-state index >= 15 is 0 Å². The summed E-state index contributed by atoms with van der Waals surface area (Å²) in [5.74, 6) is -0.922. The average molecular weight is 261 g/mol. The fourth-order valence-electron chi connectivity index (χ4n) is 2.06. The Bertz CT molecular complexity index is 497. The molecule has 0 radical (unpaired) electrons. The Balaban J connectivity index is 1.96. The Morgan fingerprint density at radius 1 is 1.32 bits per heavy atom. The quantitative estimate of drug-likeness (QED) is 0.759. The van der Waals surface area contributed by atoms with Crippen molar-refractivity contribution in [3.63, 3.8) is 0 Å². The second-order valence-corrected chi connectivity index (χ2v) is 4.50. The molecule has 1 aliphatic heterocycles. The number of hydrogen-bond acceptors (Lipinski definition) is 4. The van der Waals surface area contributed by atoms with E-state index < -0.39 is 12.0 Å². The molecule has 5 heteroatoms. The van der Waals surface area contributed by atoms with Crippen LogP contribution >= 0.6 is 0 Å². The van der Waals surface area contributed by atoms with E-state index in [2.05, 4.69) is 0 Å². The minimum atomic E-state index is -0.770. The molecule has 5 nitrogen and oxygen atoms in total. The Labute approximate surface area is 111 Å². The molecule has 1 aliphatic rings. The molecule has 1 saturated heterocycles. The van der Waals surface area contributed by atoms with Crippen LogP contribution in [-0.2, 0) is 25.7 Å². The minimum Gasteiger partial charge on any atom is -0.459 e. The normalized spacial score (nSPS) is 18.5. The Morgan fingerprint density at radius 3 is 2.63 bits per heavy atom. The number of carbonyl (C=O) groups excluding carboxylic acids is 3. The van der Waals surface area contributed by atoms with Gasteiger partial charge in [0.25, 0.3) is 0 Å². The SMILES string of the molecule is CC(=O)N1CC(=O)C[C@@H]1C(=O)OCc1ccccc1. The number of amides is 1. The number of ketones is 1. The molecule has 1 heterocycles. The Morgan fingerprint density at radius 2 is 2.00 bits per heavy atom. The van der Waals surface area contributed by atoms with Gasteiger partial charge in [-0.1, -0.05) is 30.3 Å². The number of nitrogens with zero attached hydrogens (tertiary/aromatic N) is 1. The largest absolute Gasteiger partial charge is 0.459 e. The van der Waals surface area contributed by atoms with Crippen LogP contribution in [0.25, 0.3) is 0 Å². The van der Waals surface area contributed by atoms with Crippen LogP contribution in [0.15, 0.2) is 30.3 Å². The van der Waals surface area contributed by atoms with Gasteiger partial charge in [-0.2, -0.15) is 0 Å². The number of esters is 1. The molecule has 1 aromatic carbocycles. The molecular formula is C14H15NO4. The van der Waals surface area contributed by atoms with E-state index in [0.717, 1.165) is 5.56 Å². The predicted molar refractivity (Wildman–Crippen MR) is 67.0 cm³/mol. The van der Waals surface area contributed by atoms with Crippen LogP contribution in [0.4, 0.5) is 0 Å². The van der Waals surface area contributed by atoms with Crippen LogP contribution in [0.1, 0.15) is 18.9 Å². The molecule has 0 unspecified atom stereocenters. The summed E-state index contributed by atoms with van der Waals surface area (Å²) in [5.41, 5.74) is 0.870. The van der Waals surface area contributed by atoms with Crippen molar-refractivity contribution in [1.82, 2.24) is 4.90 Å². The lowest BCUT2D eigenvalue weighted by Crippen LogP contribution is -2.40. The summed E-state index contributed by atoms with van der Waals surface area (Å²) < 4.78 is 5.16. The predicted octanol–water partition coefficient (Wildman–Crippen LogP) is 0.920. The van der Waals surface area contributed by atoms with Crippen molar-refractivity contribution in [2.24, 2.45) is 0 Å². The molecule has 0 aliphatic carbocycles. The first-order valence-electron chi connectivity index (χ1n) is 6.07. The maximum atomic E-state index is 11.9. The molecule has 2 rings (SSSR count). The second kappa shape index (κ2) is 5.65. The molecule has 0 saturated carbocycles. The highest BCUT2D eigenvalue weighted by molar-refractivity contribution is 5.96. The molecule has 0 aromatic heterocycles. The van der Waals surface area contributed by atoms with Crippen molar-refractivity contribution in [2.45, 2.75) is 26.0 Å². The van der Waals surface area contributed by atoms with Crippen molar-refractivity contribution < 1.29 is 19.1 Å². The number of Topliss-reactive ketones (excluding diaryl/α,β-unsaturated/α-hetero) is 1. The van der Waals surface area contributed by atoms with Crippen molar-refractivity contribution in [2.75, 3.05) is 6.54 Å². The highest BCUT2D eigenvalue weighted by Gasteiger charge is 2.38. The first-order chi connectivity index (χ1) is 9.08. The number of hydrogen-bond donors (Lipinski definition) is 0. The van der Waals surface area contributed by atoms with E-state index in [9.17, 15) is 14.4 Å². The third-order valence-corrected chi connectivity index (χ3v) is 3.04. The Hall–Kier alpha value is -2.17. The molecule has 1 fully saturated rings. The zero-order chi connectivity index (χ0) is 13.8. The summed E-state index contributed by atoms with van der Waals surface area (Å²) in [5, 5.41) is 0. The number of carbonyl (C=O) groups is 3. The second-order valence-electron chi connectivity index (χ2n) is 4.50. The lowest BCUT2D eigenvalue weighted by Gasteiger charge is -2.20. The standard InChI is InChI=1S/C14H15NO4/c1-10(16)15-8-12(17)7-13(15)14(18)19-9-11-5-3-2-4-6-11/h2-6,13H,7-9H2,1H3/t13-/m1/s1. The smallest absolute Gasteiger partial charge is 0.329 e. The zero-order valence-corrected chi connectivity index (χ0v) is 10.7. The van der Waals surface area contributed by atoms with Crippen LogP contribution in [0.5, 0.6) is 0 Å². The van der Waals surface area contributed by atoms with E-state index in [1.54, 1.807) is 0 Å². The molecule has 1 atom stereocenters. The van der Waals surface area contributed by atoms with Crippen molar-refractivity contribution in [3.8, 4) is 0 Å². The summed E-state index contributed by atoms with van der Waals surface area (Å²) in [4.78, 5) is 35.9. The van der Waals surface area contributed by atoms with E-state index in [-0.39, 0.29) is 31.3 Å². The molecule has 19 heavy (non-hydrogen) atoms. The molecule has 0 N–H and O–H groups in total. The van der Waals surface area contributed by atoms with Crippen molar-refractivity contribution >= 4 is 17.7 Å². The maximum Gasteiger partial charge on any atom is 0.329 e. The summed E-state index contributed by atoms with van der Waals surface area (Å²) in [6.45, 7) is 1.49. The van der Waals surface area contributed by atoms with Gasteiger partial charge in [0.2, 0.25) is 5.91 Å². The number of benzene rings is 1. The number of rotatable bonds is 3. The molecule has 0 bridgehead atoms. The number of ether oxygens (including phenoxy) is 1. The van der Waals surface area contributed by atoms with Gasteiger partial charge in [0.05, 0.1) is 6.54 Å². The van der Waals surface area contributed by atoms with Crippen LogP contribution < -0.4 is 0 Å². The van der Waals surface area contributed by atoms with Crippen molar-refractivity contribution in [1.29, 1.82) is 0 Å². The highest BCUT2D eigenvalue weighted by atomic mass is 16.5. The highest BCUT2D eigenvalue weighted by Crippen LogP contribution is 2.16. The lowest BCUT2D eigenvalue weighted by atomic mass is 10.2. The van der Waals surface area contributed by atoms with Gasteiger partial charge in [-0.3, -0.25) is 9.59 Å². The first kappa shape index (κ1) is 13.3. The van der Waals surface area contributed by atoms with E-state index in [1.165, 1.54) is 11.8 Å². The summed E-state index contributed by atoms with van der Waals surface area (Å²) in [7, 11) is 0. The summed E-state index contributed by atoms with van der Waals surface area (Å²) >= 11 is 0. The van der Waals surface area contributed by atoms with Gasteiger partial charge < -0.3 is 9.64 Å². The van der Waals surface area contributed by atoms with Gasteiger partial charge in [0.15, 0.2) is 5.78 Å². The van der Waals surface area contributed by atoms with Gasteiger partial charge in [-0.25, -0.2) is 4.79 Å². The van der Waals surface area contributed by atoms with Gasteiger partial charge in [0.1, 0.15) is 12.6 Å². The van der Waals surface area contributed by atoms with Gasteiger partial charge in [0, 0.05) is 13.3 Å². The van der Waals surface area contributed by atoms with Crippen LogP contribution in [0.2, 0.25) is 0 Å². The zero-order valence-electron chi connectivity index (χ0n) is 10.7. The van der Waals surface area contributed by atoms with E-state index in [0.29, 0.717) is 0 Å². The topological polar surface area (TPSA) is 63.7 Å². The molecule has 0 spiro atoms. The van der Waals surface area contributed by atoms with Crippen LogP contribution in [0, 0.1) is 0 Å². The monoisotopic (exact) mass is 261 g/mol. The van der Waals surface area contributed by atoms with Crippen LogP contribution in [-0.4, -0.2) is 35.1 Å². The molecule has 100 valence electrons. The third-order valence-electron chi connectivity index (χ3n) is 3.04. The van der Waals surface area contributed by atoms with Gasteiger partial charge in [-0.05, 0) is 5.56 Å². The van der Waals surface area contributed by atoms with Crippen molar-refractivity contribution in [3.05, 3.63) is 35.9 Å². The average Bonchev–Trinajstić information content (AvgIpc) is 2.79. The lowest BCUT2D eigenvalue weighted by molar-refractivity contribution is -0.154. The van der Waals surface area contributed by atoms with Gasteiger partial charge in [-0.15, -0.1) is 0 Å². The maximum absolute atomic E-state index is 11.9. The summed E-state index contributed by atoms with van der Waals surface area (Å²) in [6, 6.07) is 8.49. The van der Waals surface area contributed by atoms with E-state index in [4.69, 9.17) is 4.74 Å². The molecule has 1 amide bonds. The third kappa shape index (κ3) is 3.19.